The lowest BCUT2D eigenvalue weighted by atomic mass is 9.78. The number of rotatable bonds is 9. The maximum Gasteiger partial charge on any atom is 0.231 e. The molecule has 1 aromatic carbocycles. The highest BCUT2D eigenvalue weighted by atomic mass is 16.7. The number of carbonyl (C=O) groups is 1. The molecule has 2 aliphatic heterocycles. The fourth-order valence-corrected chi connectivity index (χ4v) is 5.11. The van der Waals surface area contributed by atoms with Gasteiger partial charge in [-0.1, -0.05) is 18.9 Å². The maximum atomic E-state index is 12.0. The first-order chi connectivity index (χ1) is 14.7. The fraction of sp³-hybridized carbons (Fsp3) is 0.708. The van der Waals surface area contributed by atoms with Crippen LogP contribution in [0.2, 0.25) is 0 Å². The number of hydrogen-bond donors (Lipinski definition) is 0. The Morgan fingerprint density at radius 3 is 2.60 bits per heavy atom. The van der Waals surface area contributed by atoms with Crippen molar-refractivity contribution in [3.8, 4) is 11.5 Å². The van der Waals surface area contributed by atoms with Crippen LogP contribution in [0.25, 0.3) is 0 Å². The van der Waals surface area contributed by atoms with Crippen LogP contribution in [0.3, 0.4) is 0 Å². The Morgan fingerprint density at radius 2 is 1.83 bits per heavy atom. The summed E-state index contributed by atoms with van der Waals surface area (Å²) in [5.41, 5.74) is 1.17. The van der Waals surface area contributed by atoms with Gasteiger partial charge in [0.15, 0.2) is 11.5 Å². The summed E-state index contributed by atoms with van der Waals surface area (Å²) in [6.07, 6.45) is 7.65. The predicted molar refractivity (Wildman–Crippen MR) is 117 cm³/mol. The molecule has 2 heterocycles. The molecule has 3 aliphatic rings. The van der Waals surface area contributed by atoms with Gasteiger partial charge in [-0.05, 0) is 49.8 Å². The third-order valence-corrected chi connectivity index (χ3v) is 7.01. The van der Waals surface area contributed by atoms with Crippen LogP contribution in [-0.4, -0.2) is 63.9 Å². The summed E-state index contributed by atoms with van der Waals surface area (Å²) in [6, 6.07) is 6.17. The standard InChI is InChI=1S/C24H36N2O4/c1-28-16-10-21(27)17-20-7-5-19(6-8-20)9-11-25-12-14-26(15-13-25)22-3-2-4-23-24(22)30-18-29-23/h2-4,19-20H,5-18H2,1H3. The second kappa shape index (κ2) is 10.5. The number of ketones is 1. The minimum absolute atomic E-state index is 0.329. The first-order valence-corrected chi connectivity index (χ1v) is 11.6. The van der Waals surface area contributed by atoms with E-state index in [9.17, 15) is 4.79 Å². The number of fused-ring (bicyclic) bond motifs is 1. The third kappa shape index (κ3) is 5.46. The first kappa shape index (κ1) is 21.4. The summed E-state index contributed by atoms with van der Waals surface area (Å²) < 4.78 is 16.2. The molecule has 1 saturated heterocycles. The molecule has 6 heteroatoms. The van der Waals surface area contributed by atoms with Crippen molar-refractivity contribution < 1.29 is 19.0 Å². The number of piperazine rings is 1. The Labute approximate surface area is 180 Å². The van der Waals surface area contributed by atoms with Crippen LogP contribution in [0.1, 0.15) is 44.9 Å². The maximum absolute atomic E-state index is 12.0. The van der Waals surface area contributed by atoms with Crippen LogP contribution in [0.4, 0.5) is 5.69 Å². The molecule has 0 unspecified atom stereocenters. The van der Waals surface area contributed by atoms with Gasteiger partial charge in [-0.25, -0.2) is 0 Å². The number of nitrogens with zero attached hydrogens (tertiary/aromatic N) is 2. The molecule has 2 fully saturated rings. The average Bonchev–Trinajstić information content (AvgIpc) is 3.27. The lowest BCUT2D eigenvalue weighted by molar-refractivity contribution is -0.121. The second-order valence-electron chi connectivity index (χ2n) is 9.00. The molecule has 1 aliphatic carbocycles. The molecule has 0 spiro atoms. The van der Waals surface area contributed by atoms with Crippen molar-refractivity contribution in [1.82, 2.24) is 4.90 Å². The predicted octanol–water partition coefficient (Wildman–Crippen LogP) is 3.73. The number of Topliss-reactive ketones (excluding diaryl/α,β-unsaturated/α-hetero) is 1. The zero-order valence-corrected chi connectivity index (χ0v) is 18.3. The summed E-state index contributed by atoms with van der Waals surface area (Å²) >= 11 is 0. The van der Waals surface area contributed by atoms with Gasteiger partial charge in [0.1, 0.15) is 5.78 Å². The summed E-state index contributed by atoms with van der Waals surface area (Å²) in [7, 11) is 1.66. The second-order valence-corrected chi connectivity index (χ2v) is 9.00. The van der Waals surface area contributed by atoms with Crippen molar-refractivity contribution in [2.24, 2.45) is 11.8 Å². The van der Waals surface area contributed by atoms with Crippen LogP contribution in [-0.2, 0) is 9.53 Å². The van der Waals surface area contributed by atoms with Crippen molar-refractivity contribution >= 4 is 11.5 Å². The van der Waals surface area contributed by atoms with E-state index in [1.165, 1.54) is 44.3 Å². The van der Waals surface area contributed by atoms with Crippen LogP contribution < -0.4 is 14.4 Å². The molecule has 4 rings (SSSR count). The van der Waals surface area contributed by atoms with E-state index in [1.807, 2.05) is 6.07 Å². The molecule has 0 atom stereocenters. The fourth-order valence-electron chi connectivity index (χ4n) is 5.11. The third-order valence-electron chi connectivity index (χ3n) is 7.01. The van der Waals surface area contributed by atoms with Crippen LogP contribution >= 0.6 is 0 Å². The van der Waals surface area contributed by atoms with Crippen LogP contribution in [0, 0.1) is 11.8 Å². The first-order valence-electron chi connectivity index (χ1n) is 11.6. The number of para-hydroxylation sites is 1. The Bertz CT molecular complexity index is 694. The largest absolute Gasteiger partial charge is 0.454 e. The molecule has 0 N–H and O–H groups in total. The summed E-state index contributed by atoms with van der Waals surface area (Å²) in [5.74, 6) is 3.58. The Hall–Kier alpha value is -1.79. The summed E-state index contributed by atoms with van der Waals surface area (Å²) in [4.78, 5) is 17.0. The SMILES string of the molecule is COCCC(=O)CC1CCC(CCN2CCN(c3cccc4c3OCO4)CC2)CC1. The van der Waals surface area contributed by atoms with Crippen molar-refractivity contribution in [3.05, 3.63) is 18.2 Å². The molecule has 0 bridgehead atoms. The molecule has 6 nitrogen and oxygen atoms in total. The number of hydrogen-bond acceptors (Lipinski definition) is 6. The van der Waals surface area contributed by atoms with E-state index in [1.54, 1.807) is 7.11 Å². The van der Waals surface area contributed by atoms with Gasteiger partial charge in [0.2, 0.25) is 6.79 Å². The topological polar surface area (TPSA) is 51.2 Å². The monoisotopic (exact) mass is 416 g/mol. The van der Waals surface area contributed by atoms with Crippen molar-refractivity contribution in [2.75, 3.05) is 58.1 Å². The zero-order chi connectivity index (χ0) is 20.8. The van der Waals surface area contributed by atoms with Crippen molar-refractivity contribution in [2.45, 2.75) is 44.9 Å². The summed E-state index contributed by atoms with van der Waals surface area (Å²) in [5, 5.41) is 0. The minimum Gasteiger partial charge on any atom is -0.454 e. The normalized spacial score (nSPS) is 24.2. The van der Waals surface area contributed by atoms with E-state index in [0.29, 0.717) is 31.5 Å². The molecular weight excluding hydrogens is 380 g/mol. The lowest BCUT2D eigenvalue weighted by Gasteiger charge is -2.37. The summed E-state index contributed by atoms with van der Waals surface area (Å²) in [6.45, 7) is 6.38. The Morgan fingerprint density at radius 1 is 1.07 bits per heavy atom. The molecule has 0 aromatic heterocycles. The number of benzene rings is 1. The van der Waals surface area contributed by atoms with E-state index in [4.69, 9.17) is 14.2 Å². The molecule has 0 radical (unpaired) electrons. The van der Waals surface area contributed by atoms with Crippen molar-refractivity contribution in [1.29, 1.82) is 0 Å². The highest BCUT2D eigenvalue weighted by Crippen LogP contribution is 2.41. The number of methoxy groups -OCH3 is 1. The van der Waals surface area contributed by atoms with E-state index >= 15 is 0 Å². The van der Waals surface area contributed by atoms with E-state index < -0.39 is 0 Å². The van der Waals surface area contributed by atoms with Gasteiger partial charge in [0.05, 0.1) is 12.3 Å². The van der Waals surface area contributed by atoms with E-state index in [0.717, 1.165) is 50.0 Å². The van der Waals surface area contributed by atoms with Gasteiger partial charge in [-0.3, -0.25) is 9.69 Å². The van der Waals surface area contributed by atoms with Crippen molar-refractivity contribution in [3.63, 3.8) is 0 Å². The number of anilines is 1. The highest BCUT2D eigenvalue weighted by Gasteiger charge is 2.26. The minimum atomic E-state index is 0.329. The molecule has 166 valence electrons. The van der Waals surface area contributed by atoms with Gasteiger partial charge < -0.3 is 19.1 Å². The molecular formula is C24H36N2O4. The van der Waals surface area contributed by atoms with Crippen LogP contribution in [0.15, 0.2) is 18.2 Å². The lowest BCUT2D eigenvalue weighted by Crippen LogP contribution is -2.47. The Kier molecular flexibility index (Phi) is 7.50. The Balaban J connectivity index is 1.14. The smallest absolute Gasteiger partial charge is 0.231 e. The van der Waals surface area contributed by atoms with E-state index in [2.05, 4.69) is 21.9 Å². The molecule has 1 aromatic rings. The molecule has 0 amide bonds. The van der Waals surface area contributed by atoms with Gasteiger partial charge in [-0.15, -0.1) is 0 Å². The molecule has 1 saturated carbocycles. The van der Waals surface area contributed by atoms with Gasteiger partial charge in [-0.2, -0.15) is 0 Å². The van der Waals surface area contributed by atoms with Gasteiger partial charge >= 0.3 is 0 Å². The molecule has 30 heavy (non-hydrogen) atoms. The van der Waals surface area contributed by atoms with Gasteiger partial charge in [0, 0.05) is 46.1 Å². The average molecular weight is 417 g/mol. The van der Waals surface area contributed by atoms with Gasteiger partial charge in [0.25, 0.3) is 0 Å². The highest BCUT2D eigenvalue weighted by molar-refractivity contribution is 5.78. The zero-order valence-electron chi connectivity index (χ0n) is 18.3. The van der Waals surface area contributed by atoms with Crippen LogP contribution in [0.5, 0.6) is 11.5 Å². The number of ether oxygens (including phenoxy) is 3. The van der Waals surface area contributed by atoms with E-state index in [-0.39, 0.29) is 0 Å². The number of carbonyl (C=O) groups excluding carboxylic acids is 1. The quantitative estimate of drug-likeness (QED) is 0.611.